The first-order valence-corrected chi connectivity index (χ1v) is 10.8. The topological polar surface area (TPSA) is 51.8 Å². The van der Waals surface area contributed by atoms with E-state index in [0.717, 1.165) is 16.3 Å². The lowest BCUT2D eigenvalue weighted by atomic mass is 9.88. The van der Waals surface area contributed by atoms with E-state index in [0.29, 0.717) is 34.5 Å². The minimum absolute atomic E-state index is 0.0666. The van der Waals surface area contributed by atoms with Gasteiger partial charge in [0.15, 0.2) is 5.43 Å². The van der Waals surface area contributed by atoms with Crippen molar-refractivity contribution >= 4 is 34.1 Å². The quantitative estimate of drug-likeness (QED) is 0.378. The maximum Gasteiger partial charge on any atom is 0.197 e. The monoisotopic (exact) mass is 429 g/mol. The van der Waals surface area contributed by atoms with Gasteiger partial charge in [0.2, 0.25) is 0 Å². The summed E-state index contributed by atoms with van der Waals surface area (Å²) in [7, 11) is 0. The zero-order valence-electron chi connectivity index (χ0n) is 16.2. The van der Waals surface area contributed by atoms with Gasteiger partial charge in [-0.15, -0.1) is 11.8 Å². The summed E-state index contributed by atoms with van der Waals surface area (Å²) in [4.78, 5) is 19.3. The molecule has 0 amide bonds. The molecule has 2 atom stereocenters. The summed E-state index contributed by atoms with van der Waals surface area (Å²) in [5.41, 5.74) is 3.21. The molecule has 3 aromatic carbocycles. The van der Waals surface area contributed by atoms with Crippen molar-refractivity contribution in [1.29, 1.82) is 0 Å². The molecule has 0 bridgehead atoms. The summed E-state index contributed by atoms with van der Waals surface area (Å²) in [6.45, 7) is 0.343. The number of nitrogens with zero attached hydrogens (tertiary/aromatic N) is 1. The lowest BCUT2D eigenvalue weighted by Crippen LogP contribution is -2.33. The van der Waals surface area contributed by atoms with Gasteiger partial charge in [0, 0.05) is 16.0 Å². The molecule has 4 nitrogen and oxygen atoms in total. The normalized spacial score (nSPS) is 19.5. The standard InChI is InChI=1S/C25H16FNO3S/c26-14-9-10-21-16(11-14)23-17(12-29-21)25(31-22-8-4-2-6-19(22)27-23)18-13-30-20-7-3-1-5-15(20)24(18)28/h1-11,13,17,25H,12H2/t17-,25+/m0/s1. The molecule has 0 spiro atoms. The number of rotatable bonds is 1. The fraction of sp³-hybridized carbons (Fsp3) is 0.120. The summed E-state index contributed by atoms with van der Waals surface area (Å²) >= 11 is 1.57. The number of thioether (sulfide) groups is 1. The smallest absolute Gasteiger partial charge is 0.197 e. The first kappa shape index (κ1) is 18.4. The van der Waals surface area contributed by atoms with Crippen molar-refractivity contribution in [3.63, 3.8) is 0 Å². The maximum absolute atomic E-state index is 14.1. The van der Waals surface area contributed by atoms with Crippen LogP contribution < -0.4 is 10.2 Å². The second-order valence-electron chi connectivity index (χ2n) is 7.58. The average Bonchev–Trinajstić information content (AvgIpc) is 2.96. The van der Waals surface area contributed by atoms with E-state index < -0.39 is 0 Å². The molecule has 152 valence electrons. The van der Waals surface area contributed by atoms with Gasteiger partial charge < -0.3 is 9.15 Å². The predicted molar refractivity (Wildman–Crippen MR) is 119 cm³/mol. The molecule has 0 radical (unpaired) electrons. The highest BCUT2D eigenvalue weighted by atomic mass is 32.2. The molecule has 0 saturated carbocycles. The van der Waals surface area contributed by atoms with Crippen molar-refractivity contribution < 1.29 is 13.5 Å². The number of para-hydroxylation sites is 2. The van der Waals surface area contributed by atoms with Crippen molar-refractivity contribution in [2.75, 3.05) is 6.61 Å². The highest BCUT2D eigenvalue weighted by molar-refractivity contribution is 7.99. The first-order chi connectivity index (χ1) is 15.2. The Morgan fingerprint density at radius 3 is 2.81 bits per heavy atom. The van der Waals surface area contributed by atoms with Crippen LogP contribution in [0.4, 0.5) is 10.1 Å². The third kappa shape index (κ3) is 2.98. The van der Waals surface area contributed by atoms with E-state index in [2.05, 4.69) is 0 Å². The van der Waals surface area contributed by atoms with Crippen molar-refractivity contribution in [2.24, 2.45) is 10.9 Å². The summed E-state index contributed by atoms with van der Waals surface area (Å²) < 4.78 is 25.9. The van der Waals surface area contributed by atoms with E-state index in [9.17, 15) is 9.18 Å². The van der Waals surface area contributed by atoms with Crippen LogP contribution in [0.15, 0.2) is 92.1 Å². The SMILES string of the molecule is O=c1c([C@@H]2Sc3ccccc3N=C3c4cc(F)ccc4OC[C@@H]32)coc2ccccc12. The molecule has 1 aromatic heterocycles. The zero-order valence-corrected chi connectivity index (χ0v) is 17.1. The summed E-state index contributed by atoms with van der Waals surface area (Å²) in [5.74, 6) is 0.0125. The molecular formula is C25H16FNO3S. The molecule has 2 aliphatic heterocycles. The molecule has 31 heavy (non-hydrogen) atoms. The largest absolute Gasteiger partial charge is 0.492 e. The fourth-order valence-corrected chi connectivity index (χ4v) is 5.55. The summed E-state index contributed by atoms with van der Waals surface area (Å²) in [6.07, 6.45) is 1.55. The van der Waals surface area contributed by atoms with E-state index >= 15 is 0 Å². The van der Waals surface area contributed by atoms with Gasteiger partial charge in [0.05, 0.1) is 40.8 Å². The lowest BCUT2D eigenvalue weighted by molar-refractivity contribution is 0.270. The molecule has 6 rings (SSSR count). The summed E-state index contributed by atoms with van der Waals surface area (Å²) in [5, 5.41) is 0.250. The molecule has 0 N–H and O–H groups in total. The highest BCUT2D eigenvalue weighted by Gasteiger charge is 2.39. The average molecular weight is 429 g/mol. The Morgan fingerprint density at radius 1 is 1.03 bits per heavy atom. The van der Waals surface area contributed by atoms with Crippen LogP contribution in [0.25, 0.3) is 11.0 Å². The number of hydrogen-bond donors (Lipinski definition) is 0. The van der Waals surface area contributed by atoms with Gasteiger partial charge in [-0.3, -0.25) is 9.79 Å². The van der Waals surface area contributed by atoms with Crippen LogP contribution >= 0.6 is 11.8 Å². The Balaban J connectivity index is 1.59. The minimum atomic E-state index is -0.349. The number of halogens is 1. The van der Waals surface area contributed by atoms with Crippen LogP contribution in [0, 0.1) is 11.7 Å². The van der Waals surface area contributed by atoms with Crippen LogP contribution in [-0.2, 0) is 0 Å². The molecule has 0 unspecified atom stereocenters. The Hall–Kier alpha value is -3.38. The van der Waals surface area contributed by atoms with E-state index in [1.807, 2.05) is 36.4 Å². The van der Waals surface area contributed by atoms with Crippen LogP contribution in [0.2, 0.25) is 0 Å². The molecule has 2 aliphatic rings. The number of hydrogen-bond acceptors (Lipinski definition) is 5. The number of benzene rings is 3. The third-order valence-electron chi connectivity index (χ3n) is 5.73. The van der Waals surface area contributed by atoms with E-state index in [-0.39, 0.29) is 22.4 Å². The molecule has 0 aliphatic carbocycles. The van der Waals surface area contributed by atoms with Crippen LogP contribution in [0.5, 0.6) is 5.75 Å². The van der Waals surface area contributed by atoms with E-state index in [1.54, 1.807) is 36.2 Å². The molecule has 0 saturated heterocycles. The van der Waals surface area contributed by atoms with Crippen molar-refractivity contribution in [1.82, 2.24) is 0 Å². The van der Waals surface area contributed by atoms with Gasteiger partial charge in [-0.05, 0) is 42.5 Å². The van der Waals surface area contributed by atoms with Crippen molar-refractivity contribution in [3.05, 3.63) is 100 Å². The van der Waals surface area contributed by atoms with Crippen molar-refractivity contribution in [3.8, 4) is 5.75 Å². The minimum Gasteiger partial charge on any atom is -0.492 e. The predicted octanol–water partition coefficient (Wildman–Crippen LogP) is 5.91. The molecule has 4 aromatic rings. The van der Waals surface area contributed by atoms with Gasteiger partial charge in [-0.25, -0.2) is 4.39 Å². The fourth-order valence-electron chi connectivity index (χ4n) is 4.23. The Kier molecular flexibility index (Phi) is 4.21. The van der Waals surface area contributed by atoms with Crippen LogP contribution in [0.1, 0.15) is 16.4 Å². The van der Waals surface area contributed by atoms with E-state index in [4.69, 9.17) is 14.1 Å². The van der Waals surface area contributed by atoms with E-state index in [1.165, 1.54) is 12.1 Å². The second kappa shape index (κ2) is 7.10. The lowest BCUT2D eigenvalue weighted by Gasteiger charge is -2.31. The Morgan fingerprint density at radius 2 is 1.87 bits per heavy atom. The van der Waals surface area contributed by atoms with Gasteiger partial charge >= 0.3 is 0 Å². The molecule has 0 fully saturated rings. The van der Waals surface area contributed by atoms with Gasteiger partial charge in [-0.2, -0.15) is 0 Å². The Labute approximate surface area is 181 Å². The summed E-state index contributed by atoms with van der Waals surface area (Å²) in [6, 6.07) is 19.5. The highest BCUT2D eigenvalue weighted by Crippen LogP contribution is 2.49. The first-order valence-electron chi connectivity index (χ1n) is 9.96. The maximum atomic E-state index is 14.1. The number of ether oxygens (including phenoxy) is 1. The molecule has 3 heterocycles. The molecule has 6 heteroatoms. The number of aliphatic imine (C=N–C) groups is 1. The zero-order chi connectivity index (χ0) is 20.9. The Bertz CT molecular complexity index is 1430. The van der Waals surface area contributed by atoms with Crippen LogP contribution in [-0.4, -0.2) is 12.3 Å². The third-order valence-corrected chi connectivity index (χ3v) is 7.16. The van der Waals surface area contributed by atoms with Gasteiger partial charge in [0.1, 0.15) is 17.1 Å². The van der Waals surface area contributed by atoms with Crippen LogP contribution in [0.3, 0.4) is 0 Å². The van der Waals surface area contributed by atoms with Gasteiger partial charge in [0.25, 0.3) is 0 Å². The van der Waals surface area contributed by atoms with Gasteiger partial charge in [-0.1, -0.05) is 24.3 Å². The second-order valence-corrected chi connectivity index (χ2v) is 8.76. The molecular weight excluding hydrogens is 413 g/mol. The number of fused-ring (bicyclic) bond motifs is 5. The van der Waals surface area contributed by atoms with Crippen molar-refractivity contribution in [2.45, 2.75) is 10.1 Å².